The molecule has 1 aromatic heterocycles. The van der Waals surface area contributed by atoms with Gasteiger partial charge in [0.05, 0.1) is 23.0 Å². The Hall–Kier alpha value is -1.36. The first kappa shape index (κ1) is 11.7. The van der Waals surface area contributed by atoms with Crippen LogP contribution in [0, 0.1) is 0 Å². The number of hydrogen-bond donors (Lipinski definition) is 2. The lowest BCUT2D eigenvalue weighted by Gasteiger charge is -2.36. The largest absolute Gasteiger partial charge is 0.271 e. The molecule has 2 atom stereocenters. The first-order valence-electron chi connectivity index (χ1n) is 5.93. The predicted molar refractivity (Wildman–Crippen MR) is 71.2 cm³/mol. The number of hydrazine groups is 1. The molecule has 2 unspecified atom stereocenters. The van der Waals surface area contributed by atoms with Gasteiger partial charge in [0.1, 0.15) is 0 Å². The second-order valence-electron chi connectivity index (χ2n) is 4.66. The first-order valence-corrected chi connectivity index (χ1v) is 6.31. The third kappa shape index (κ3) is 1.65. The normalized spacial score (nSPS) is 19.2. The van der Waals surface area contributed by atoms with Gasteiger partial charge in [0, 0.05) is 13.0 Å². The van der Waals surface area contributed by atoms with Gasteiger partial charge in [-0.2, -0.15) is 5.10 Å². The number of aromatic nitrogens is 2. The quantitative estimate of drug-likeness (QED) is 0.656. The summed E-state index contributed by atoms with van der Waals surface area (Å²) in [5.41, 5.74) is 6.56. The van der Waals surface area contributed by atoms with Gasteiger partial charge in [-0.3, -0.25) is 16.0 Å². The lowest BCUT2D eigenvalue weighted by atomic mass is 9.73. The Labute approximate surface area is 111 Å². The Kier molecular flexibility index (Phi) is 2.86. The first-order chi connectivity index (χ1) is 8.72. The molecule has 5 heteroatoms. The Bertz CT molecular complexity index is 559. The topological polar surface area (TPSA) is 55.9 Å². The zero-order valence-electron chi connectivity index (χ0n) is 10.1. The van der Waals surface area contributed by atoms with Crippen molar-refractivity contribution in [2.45, 2.75) is 18.4 Å². The van der Waals surface area contributed by atoms with Gasteiger partial charge in [0.15, 0.2) is 0 Å². The van der Waals surface area contributed by atoms with Crippen LogP contribution in [-0.4, -0.2) is 9.78 Å². The van der Waals surface area contributed by atoms with Crippen LogP contribution in [0.3, 0.4) is 0 Å². The van der Waals surface area contributed by atoms with E-state index in [4.69, 9.17) is 17.4 Å². The molecule has 0 spiro atoms. The van der Waals surface area contributed by atoms with Crippen LogP contribution in [-0.2, 0) is 13.5 Å². The molecule has 1 aliphatic carbocycles. The average molecular weight is 263 g/mol. The lowest BCUT2D eigenvalue weighted by molar-refractivity contribution is 0.398. The fourth-order valence-electron chi connectivity index (χ4n) is 2.75. The molecule has 0 saturated carbocycles. The third-order valence-electron chi connectivity index (χ3n) is 3.71. The number of nitrogens with two attached hydrogens (primary N) is 1. The minimum Gasteiger partial charge on any atom is -0.271 e. The van der Waals surface area contributed by atoms with Gasteiger partial charge < -0.3 is 0 Å². The highest BCUT2D eigenvalue weighted by Gasteiger charge is 2.35. The molecule has 2 aromatic rings. The van der Waals surface area contributed by atoms with Crippen molar-refractivity contribution < 1.29 is 0 Å². The van der Waals surface area contributed by atoms with Crippen LogP contribution in [0.2, 0.25) is 5.02 Å². The summed E-state index contributed by atoms with van der Waals surface area (Å²) in [6, 6.07) is 8.43. The zero-order chi connectivity index (χ0) is 12.7. The molecule has 1 aliphatic rings. The number of benzene rings is 1. The molecule has 0 aliphatic heterocycles. The van der Waals surface area contributed by atoms with Crippen molar-refractivity contribution >= 4 is 11.6 Å². The molecule has 18 heavy (non-hydrogen) atoms. The maximum absolute atomic E-state index is 6.19. The molecule has 0 saturated heterocycles. The van der Waals surface area contributed by atoms with Crippen molar-refractivity contribution in [3.63, 3.8) is 0 Å². The van der Waals surface area contributed by atoms with Gasteiger partial charge in [-0.1, -0.05) is 35.9 Å². The highest BCUT2D eigenvalue weighted by Crippen LogP contribution is 2.44. The molecule has 0 bridgehead atoms. The van der Waals surface area contributed by atoms with Crippen LogP contribution in [0.25, 0.3) is 0 Å². The van der Waals surface area contributed by atoms with E-state index in [1.807, 2.05) is 7.05 Å². The van der Waals surface area contributed by atoms with E-state index < -0.39 is 0 Å². The van der Waals surface area contributed by atoms with Crippen molar-refractivity contribution in [1.82, 2.24) is 15.2 Å². The van der Waals surface area contributed by atoms with Crippen LogP contribution < -0.4 is 11.3 Å². The van der Waals surface area contributed by atoms with Crippen molar-refractivity contribution in [2.24, 2.45) is 12.9 Å². The Morgan fingerprint density at radius 2 is 2.28 bits per heavy atom. The van der Waals surface area contributed by atoms with E-state index in [1.165, 1.54) is 11.1 Å². The standard InChI is InChI=1S/C13H15ClN4/c1-18-13(11(14)7-16-18)12(17-15)10-6-8-4-2-3-5-9(8)10/h2-5,7,10,12,17H,6,15H2,1H3. The predicted octanol–water partition coefficient (Wildman–Crippen LogP) is 1.92. The average Bonchev–Trinajstić information content (AvgIpc) is 2.67. The summed E-state index contributed by atoms with van der Waals surface area (Å²) in [7, 11) is 1.89. The summed E-state index contributed by atoms with van der Waals surface area (Å²) in [5, 5.41) is 4.83. The molecule has 4 nitrogen and oxygen atoms in total. The highest BCUT2D eigenvalue weighted by molar-refractivity contribution is 6.31. The number of halogens is 1. The minimum absolute atomic E-state index is 0.0000926. The lowest BCUT2D eigenvalue weighted by Crippen LogP contribution is -2.38. The van der Waals surface area contributed by atoms with E-state index in [9.17, 15) is 0 Å². The summed E-state index contributed by atoms with van der Waals surface area (Å²) >= 11 is 6.19. The van der Waals surface area contributed by atoms with E-state index in [1.54, 1.807) is 10.9 Å². The van der Waals surface area contributed by atoms with E-state index in [0.29, 0.717) is 10.9 Å². The fourth-order valence-corrected chi connectivity index (χ4v) is 3.03. The van der Waals surface area contributed by atoms with Crippen LogP contribution in [0.4, 0.5) is 0 Å². The zero-order valence-corrected chi connectivity index (χ0v) is 10.9. The molecule has 3 N–H and O–H groups in total. The van der Waals surface area contributed by atoms with Crippen molar-refractivity contribution in [2.75, 3.05) is 0 Å². The minimum atomic E-state index is -0.0000926. The Morgan fingerprint density at radius 1 is 1.50 bits per heavy atom. The monoisotopic (exact) mass is 262 g/mol. The molecule has 1 aromatic carbocycles. The number of aryl methyl sites for hydroxylation is 1. The number of fused-ring (bicyclic) bond motifs is 1. The summed E-state index contributed by atoms with van der Waals surface area (Å²) in [5.74, 6) is 6.08. The fraction of sp³-hybridized carbons (Fsp3) is 0.308. The van der Waals surface area contributed by atoms with E-state index in [2.05, 4.69) is 34.8 Å². The number of rotatable bonds is 3. The van der Waals surface area contributed by atoms with Gasteiger partial charge in [0.25, 0.3) is 0 Å². The molecule has 0 amide bonds. The molecular weight excluding hydrogens is 248 g/mol. The summed E-state index contributed by atoms with van der Waals surface area (Å²) in [4.78, 5) is 0. The maximum atomic E-state index is 6.19. The molecule has 0 radical (unpaired) electrons. The molecule has 0 fully saturated rings. The van der Waals surface area contributed by atoms with Gasteiger partial charge in [-0.25, -0.2) is 0 Å². The molecule has 1 heterocycles. The van der Waals surface area contributed by atoms with E-state index in [0.717, 1.165) is 12.1 Å². The van der Waals surface area contributed by atoms with Crippen LogP contribution in [0.1, 0.15) is 28.8 Å². The maximum Gasteiger partial charge on any atom is 0.0834 e. The molecular formula is C13H15ClN4. The van der Waals surface area contributed by atoms with Gasteiger partial charge in [-0.05, 0) is 17.5 Å². The smallest absolute Gasteiger partial charge is 0.0834 e. The van der Waals surface area contributed by atoms with E-state index >= 15 is 0 Å². The van der Waals surface area contributed by atoms with Crippen molar-refractivity contribution in [3.8, 4) is 0 Å². The summed E-state index contributed by atoms with van der Waals surface area (Å²) in [6.45, 7) is 0. The van der Waals surface area contributed by atoms with Gasteiger partial charge in [0.2, 0.25) is 0 Å². The number of nitrogens with one attached hydrogen (secondary N) is 1. The SMILES string of the molecule is Cn1ncc(Cl)c1C(NN)C1Cc2ccccc21. The van der Waals surface area contributed by atoms with Crippen molar-refractivity contribution in [1.29, 1.82) is 0 Å². The number of hydrogen-bond acceptors (Lipinski definition) is 3. The Morgan fingerprint density at radius 3 is 2.89 bits per heavy atom. The van der Waals surface area contributed by atoms with Gasteiger partial charge >= 0.3 is 0 Å². The highest BCUT2D eigenvalue weighted by atomic mass is 35.5. The van der Waals surface area contributed by atoms with Crippen LogP contribution in [0.15, 0.2) is 30.5 Å². The molecule has 94 valence electrons. The van der Waals surface area contributed by atoms with Crippen LogP contribution >= 0.6 is 11.6 Å². The molecule has 3 rings (SSSR count). The summed E-state index contributed by atoms with van der Waals surface area (Å²) in [6.07, 6.45) is 2.68. The van der Waals surface area contributed by atoms with Crippen LogP contribution in [0.5, 0.6) is 0 Å². The Balaban J connectivity index is 1.97. The van der Waals surface area contributed by atoms with E-state index in [-0.39, 0.29) is 6.04 Å². The van der Waals surface area contributed by atoms with Gasteiger partial charge in [-0.15, -0.1) is 0 Å². The number of nitrogens with zero attached hydrogens (tertiary/aromatic N) is 2. The third-order valence-corrected chi connectivity index (χ3v) is 4.00. The van der Waals surface area contributed by atoms with Crippen molar-refractivity contribution in [3.05, 3.63) is 52.3 Å². The summed E-state index contributed by atoms with van der Waals surface area (Å²) < 4.78 is 1.79. The second-order valence-corrected chi connectivity index (χ2v) is 5.06. The second kappa shape index (κ2) is 4.39.